The summed E-state index contributed by atoms with van der Waals surface area (Å²) in [5, 5.41) is 8.57. The van der Waals surface area contributed by atoms with E-state index >= 15 is 0 Å². The molecule has 1 aliphatic rings. The zero-order valence-electron chi connectivity index (χ0n) is 11.3. The fourth-order valence-corrected chi connectivity index (χ4v) is 1.82. The summed E-state index contributed by atoms with van der Waals surface area (Å²) < 4.78 is 4.91. The van der Waals surface area contributed by atoms with Crippen molar-refractivity contribution in [1.82, 2.24) is 0 Å². The Morgan fingerprint density at radius 2 is 2.15 bits per heavy atom. The first-order valence-corrected chi connectivity index (χ1v) is 6.36. The fraction of sp³-hybridized carbons (Fsp3) is 0.267. The molecule has 2 rings (SSSR count). The number of benzene rings is 1. The van der Waals surface area contributed by atoms with E-state index in [1.165, 1.54) is 0 Å². The van der Waals surface area contributed by atoms with Gasteiger partial charge in [0, 0.05) is 0 Å². The molecule has 1 aliphatic carbocycles. The van der Waals surface area contributed by atoms with Gasteiger partial charge in [0.1, 0.15) is 12.1 Å². The SMILES string of the molecule is CC1=CCC(COC(N)=O)(N=Nc2ccccc2)C=C1. The third-order valence-electron chi connectivity index (χ3n) is 3.02. The number of hydrogen-bond donors (Lipinski definition) is 1. The molecular weight excluding hydrogens is 254 g/mol. The fourth-order valence-electron chi connectivity index (χ4n) is 1.82. The maximum Gasteiger partial charge on any atom is 0.404 e. The van der Waals surface area contributed by atoms with Gasteiger partial charge in [-0.1, -0.05) is 42.0 Å². The standard InChI is InChI=1S/C15H17N3O2/c1-12-7-9-15(10-8-12,11-20-14(16)19)18-17-13-5-3-2-4-6-13/h2-9H,10-11H2,1H3,(H2,16,19). The zero-order chi connectivity index (χ0) is 14.4. The van der Waals surface area contributed by atoms with Crippen molar-refractivity contribution in [1.29, 1.82) is 0 Å². The maximum atomic E-state index is 10.8. The Bertz CT molecular complexity index is 564. The highest BCUT2D eigenvalue weighted by atomic mass is 16.5. The number of ether oxygens (including phenoxy) is 1. The summed E-state index contributed by atoms with van der Waals surface area (Å²) in [6, 6.07) is 9.42. The Balaban J connectivity index is 2.17. The number of nitrogens with two attached hydrogens (primary N) is 1. The van der Waals surface area contributed by atoms with Crippen LogP contribution in [0.5, 0.6) is 0 Å². The summed E-state index contributed by atoms with van der Waals surface area (Å²) in [5.74, 6) is 0. The summed E-state index contributed by atoms with van der Waals surface area (Å²) in [4.78, 5) is 10.8. The highest BCUT2D eigenvalue weighted by molar-refractivity contribution is 5.64. The van der Waals surface area contributed by atoms with Crippen LogP contribution >= 0.6 is 0 Å². The summed E-state index contributed by atoms with van der Waals surface area (Å²) >= 11 is 0. The van der Waals surface area contributed by atoms with Gasteiger partial charge >= 0.3 is 6.09 Å². The second-order valence-corrected chi connectivity index (χ2v) is 4.73. The van der Waals surface area contributed by atoms with Gasteiger partial charge in [-0.3, -0.25) is 0 Å². The van der Waals surface area contributed by atoms with Crippen molar-refractivity contribution in [3.8, 4) is 0 Å². The van der Waals surface area contributed by atoms with Gasteiger partial charge in [-0.2, -0.15) is 10.2 Å². The largest absolute Gasteiger partial charge is 0.447 e. The number of rotatable bonds is 4. The van der Waals surface area contributed by atoms with Crippen LogP contribution in [0.3, 0.4) is 0 Å². The molecule has 0 saturated carbocycles. The van der Waals surface area contributed by atoms with Crippen molar-refractivity contribution in [2.24, 2.45) is 16.0 Å². The maximum absolute atomic E-state index is 10.8. The molecule has 2 N–H and O–H groups in total. The molecule has 0 bridgehead atoms. The first kappa shape index (κ1) is 14.0. The molecule has 1 aromatic rings. The van der Waals surface area contributed by atoms with E-state index in [-0.39, 0.29) is 6.61 Å². The van der Waals surface area contributed by atoms with Crippen molar-refractivity contribution in [2.45, 2.75) is 18.9 Å². The molecule has 1 unspecified atom stereocenters. The summed E-state index contributed by atoms with van der Waals surface area (Å²) in [7, 11) is 0. The Kier molecular flexibility index (Phi) is 4.30. The second kappa shape index (κ2) is 6.14. The Labute approximate surface area is 117 Å². The van der Waals surface area contributed by atoms with Crippen LogP contribution in [0.2, 0.25) is 0 Å². The van der Waals surface area contributed by atoms with Gasteiger partial charge in [0.15, 0.2) is 0 Å². The minimum atomic E-state index is -0.807. The number of amides is 1. The van der Waals surface area contributed by atoms with Crippen molar-refractivity contribution in [3.63, 3.8) is 0 Å². The van der Waals surface area contributed by atoms with Crippen molar-refractivity contribution >= 4 is 11.8 Å². The van der Waals surface area contributed by atoms with E-state index in [4.69, 9.17) is 10.5 Å². The van der Waals surface area contributed by atoms with Crippen molar-refractivity contribution in [3.05, 3.63) is 54.1 Å². The molecule has 20 heavy (non-hydrogen) atoms. The van der Waals surface area contributed by atoms with Gasteiger partial charge in [0.2, 0.25) is 0 Å². The van der Waals surface area contributed by atoms with E-state index < -0.39 is 11.6 Å². The van der Waals surface area contributed by atoms with Crippen molar-refractivity contribution < 1.29 is 9.53 Å². The lowest BCUT2D eigenvalue weighted by Crippen LogP contribution is -2.33. The molecule has 0 radical (unpaired) electrons. The lowest BCUT2D eigenvalue weighted by atomic mass is 9.91. The molecule has 104 valence electrons. The van der Waals surface area contributed by atoms with Crippen LogP contribution in [0.15, 0.2) is 64.4 Å². The van der Waals surface area contributed by atoms with Gasteiger partial charge < -0.3 is 10.5 Å². The third-order valence-corrected chi connectivity index (χ3v) is 3.02. The highest BCUT2D eigenvalue weighted by Gasteiger charge is 2.29. The minimum Gasteiger partial charge on any atom is -0.447 e. The van der Waals surface area contributed by atoms with Crippen LogP contribution in [0.4, 0.5) is 10.5 Å². The number of allylic oxidation sites excluding steroid dienone is 2. The van der Waals surface area contributed by atoms with Crippen LogP contribution in [0.1, 0.15) is 13.3 Å². The van der Waals surface area contributed by atoms with Crippen molar-refractivity contribution in [2.75, 3.05) is 6.61 Å². The van der Waals surface area contributed by atoms with Gasteiger partial charge in [0.05, 0.1) is 5.69 Å². The van der Waals surface area contributed by atoms with E-state index in [0.29, 0.717) is 6.42 Å². The average Bonchev–Trinajstić information content (AvgIpc) is 2.47. The topological polar surface area (TPSA) is 77.0 Å². The first-order chi connectivity index (χ1) is 9.60. The molecule has 1 amide bonds. The predicted molar refractivity (Wildman–Crippen MR) is 76.7 cm³/mol. The first-order valence-electron chi connectivity index (χ1n) is 6.36. The Morgan fingerprint density at radius 3 is 2.75 bits per heavy atom. The number of azo groups is 1. The van der Waals surface area contributed by atoms with Crippen LogP contribution in [0, 0.1) is 0 Å². The summed E-state index contributed by atoms with van der Waals surface area (Å²) in [6.45, 7) is 2.09. The van der Waals surface area contributed by atoms with Gasteiger partial charge in [-0.25, -0.2) is 4.79 Å². The molecule has 1 atom stereocenters. The third kappa shape index (κ3) is 3.78. The Morgan fingerprint density at radius 1 is 1.40 bits per heavy atom. The van der Waals surface area contributed by atoms with Crippen LogP contribution < -0.4 is 5.73 Å². The molecular formula is C15H17N3O2. The average molecular weight is 271 g/mol. The Hall–Kier alpha value is -2.43. The summed E-state index contributed by atoms with van der Waals surface area (Å²) in [6.07, 6.45) is 5.70. The molecule has 0 saturated heterocycles. The number of primary amides is 1. The normalized spacial score (nSPS) is 21.8. The molecule has 5 heteroatoms. The van der Waals surface area contributed by atoms with E-state index in [0.717, 1.165) is 11.3 Å². The smallest absolute Gasteiger partial charge is 0.404 e. The van der Waals surface area contributed by atoms with Gasteiger partial charge in [-0.05, 0) is 25.5 Å². The van der Waals surface area contributed by atoms with Gasteiger partial charge in [0.25, 0.3) is 0 Å². The molecule has 0 heterocycles. The van der Waals surface area contributed by atoms with E-state index in [9.17, 15) is 4.79 Å². The lowest BCUT2D eigenvalue weighted by Gasteiger charge is -2.25. The minimum absolute atomic E-state index is 0.0823. The number of hydrogen-bond acceptors (Lipinski definition) is 4. The number of carbonyl (C=O) groups is 1. The predicted octanol–water partition coefficient (Wildman–Crippen LogP) is 3.51. The van der Waals surface area contributed by atoms with Crippen LogP contribution in [-0.4, -0.2) is 18.2 Å². The zero-order valence-corrected chi connectivity index (χ0v) is 11.3. The molecule has 1 aromatic carbocycles. The van der Waals surface area contributed by atoms with E-state index in [1.54, 1.807) is 0 Å². The molecule has 0 aliphatic heterocycles. The van der Waals surface area contributed by atoms with E-state index in [1.807, 2.05) is 55.5 Å². The number of carbonyl (C=O) groups excluding carboxylic acids is 1. The monoisotopic (exact) mass is 271 g/mol. The second-order valence-electron chi connectivity index (χ2n) is 4.73. The van der Waals surface area contributed by atoms with Crippen LogP contribution in [0.25, 0.3) is 0 Å². The molecule has 5 nitrogen and oxygen atoms in total. The highest BCUT2D eigenvalue weighted by Crippen LogP contribution is 2.27. The van der Waals surface area contributed by atoms with Crippen LogP contribution in [-0.2, 0) is 4.74 Å². The number of nitrogens with zero attached hydrogens (tertiary/aromatic N) is 2. The van der Waals surface area contributed by atoms with Gasteiger partial charge in [-0.15, -0.1) is 0 Å². The molecule has 0 fully saturated rings. The lowest BCUT2D eigenvalue weighted by molar-refractivity contribution is 0.136. The molecule has 0 aromatic heterocycles. The summed E-state index contributed by atoms with van der Waals surface area (Å²) in [5.41, 5.74) is 6.26. The molecule has 0 spiro atoms. The quantitative estimate of drug-likeness (QED) is 0.850. The van der Waals surface area contributed by atoms with E-state index in [2.05, 4.69) is 10.2 Å².